The number of carbonyl (C=O) groups is 2. The first-order valence-corrected chi connectivity index (χ1v) is 5.88. The van der Waals surface area contributed by atoms with Gasteiger partial charge in [-0.25, -0.2) is 4.79 Å². The fourth-order valence-electron chi connectivity index (χ4n) is 2.11. The molecule has 0 radical (unpaired) electrons. The second-order valence-corrected chi connectivity index (χ2v) is 4.43. The highest BCUT2D eigenvalue weighted by Gasteiger charge is 2.23. The molecule has 1 amide bonds. The molecule has 96 valence electrons. The van der Waals surface area contributed by atoms with Gasteiger partial charge in [-0.05, 0) is 31.0 Å². The monoisotopic (exact) mass is 249 g/mol. The Labute approximate surface area is 105 Å². The van der Waals surface area contributed by atoms with Crippen LogP contribution in [-0.4, -0.2) is 46.2 Å². The molecule has 2 rings (SSSR count). The van der Waals surface area contributed by atoms with E-state index in [0.717, 1.165) is 6.42 Å². The van der Waals surface area contributed by atoms with Gasteiger partial charge < -0.3 is 15.1 Å². The zero-order valence-electron chi connectivity index (χ0n) is 9.87. The SMILES string of the molecule is O=C(O)c1cccc(C(=O)N2CCCC(O)C2)c1. The van der Waals surface area contributed by atoms with Crippen molar-refractivity contribution in [3.8, 4) is 0 Å². The Balaban J connectivity index is 2.17. The van der Waals surface area contributed by atoms with Crippen LogP contribution in [0.15, 0.2) is 24.3 Å². The average molecular weight is 249 g/mol. The lowest BCUT2D eigenvalue weighted by Gasteiger charge is -2.30. The van der Waals surface area contributed by atoms with Crippen LogP contribution in [0.5, 0.6) is 0 Å². The van der Waals surface area contributed by atoms with E-state index in [9.17, 15) is 14.7 Å². The number of carboxylic acids is 1. The van der Waals surface area contributed by atoms with Gasteiger partial charge in [-0.3, -0.25) is 4.79 Å². The van der Waals surface area contributed by atoms with Crippen molar-refractivity contribution in [3.63, 3.8) is 0 Å². The number of aliphatic hydroxyl groups is 1. The van der Waals surface area contributed by atoms with Crippen LogP contribution in [0.1, 0.15) is 33.6 Å². The minimum Gasteiger partial charge on any atom is -0.478 e. The number of carbonyl (C=O) groups excluding carboxylic acids is 1. The molecule has 0 spiro atoms. The first-order chi connectivity index (χ1) is 8.58. The lowest BCUT2D eigenvalue weighted by atomic mass is 10.1. The fraction of sp³-hybridized carbons (Fsp3) is 0.385. The Morgan fingerprint density at radius 1 is 1.28 bits per heavy atom. The molecule has 1 fully saturated rings. The Morgan fingerprint density at radius 2 is 2.00 bits per heavy atom. The van der Waals surface area contributed by atoms with E-state index >= 15 is 0 Å². The molecule has 0 aliphatic carbocycles. The molecule has 1 aliphatic rings. The highest BCUT2D eigenvalue weighted by Crippen LogP contribution is 2.14. The molecule has 0 aromatic heterocycles. The Morgan fingerprint density at radius 3 is 2.67 bits per heavy atom. The van der Waals surface area contributed by atoms with Gasteiger partial charge in [-0.1, -0.05) is 6.07 Å². The Hall–Kier alpha value is -1.88. The summed E-state index contributed by atoms with van der Waals surface area (Å²) in [5.41, 5.74) is 0.447. The summed E-state index contributed by atoms with van der Waals surface area (Å²) in [5.74, 6) is -1.28. The first kappa shape index (κ1) is 12.6. The molecule has 1 heterocycles. The number of hydrogen-bond acceptors (Lipinski definition) is 3. The van der Waals surface area contributed by atoms with Crippen molar-refractivity contribution in [2.75, 3.05) is 13.1 Å². The van der Waals surface area contributed by atoms with Crippen LogP contribution < -0.4 is 0 Å². The zero-order chi connectivity index (χ0) is 13.1. The molecule has 1 unspecified atom stereocenters. The number of hydrogen-bond donors (Lipinski definition) is 2. The van der Waals surface area contributed by atoms with Gasteiger partial charge in [0.05, 0.1) is 11.7 Å². The van der Waals surface area contributed by atoms with Crippen molar-refractivity contribution < 1.29 is 19.8 Å². The number of rotatable bonds is 2. The molecular weight excluding hydrogens is 234 g/mol. The fourth-order valence-corrected chi connectivity index (χ4v) is 2.11. The van der Waals surface area contributed by atoms with E-state index in [1.807, 2.05) is 0 Å². The molecule has 1 aromatic carbocycles. The van der Waals surface area contributed by atoms with E-state index < -0.39 is 12.1 Å². The summed E-state index contributed by atoms with van der Waals surface area (Å²) in [6.45, 7) is 0.920. The van der Waals surface area contributed by atoms with Crippen molar-refractivity contribution >= 4 is 11.9 Å². The second-order valence-electron chi connectivity index (χ2n) is 4.43. The minimum absolute atomic E-state index is 0.0957. The maximum atomic E-state index is 12.1. The zero-order valence-corrected chi connectivity index (χ0v) is 9.87. The number of amides is 1. The average Bonchev–Trinajstić information content (AvgIpc) is 2.38. The van der Waals surface area contributed by atoms with E-state index in [1.165, 1.54) is 12.1 Å². The van der Waals surface area contributed by atoms with Gasteiger partial charge in [0.15, 0.2) is 0 Å². The van der Waals surface area contributed by atoms with Gasteiger partial charge in [-0.15, -0.1) is 0 Å². The smallest absolute Gasteiger partial charge is 0.335 e. The molecule has 1 aliphatic heterocycles. The van der Waals surface area contributed by atoms with Gasteiger partial charge in [0.1, 0.15) is 0 Å². The molecular formula is C13H15NO4. The van der Waals surface area contributed by atoms with E-state index in [2.05, 4.69) is 0 Å². The Bertz CT molecular complexity index is 472. The van der Waals surface area contributed by atoms with Crippen molar-refractivity contribution in [2.24, 2.45) is 0 Å². The van der Waals surface area contributed by atoms with Crippen LogP contribution in [0, 0.1) is 0 Å². The first-order valence-electron chi connectivity index (χ1n) is 5.88. The number of piperidine rings is 1. The molecule has 1 aromatic rings. The second kappa shape index (κ2) is 5.18. The molecule has 0 bridgehead atoms. The van der Waals surface area contributed by atoms with Gasteiger partial charge >= 0.3 is 5.97 Å². The van der Waals surface area contributed by atoms with Crippen LogP contribution in [0.4, 0.5) is 0 Å². The third-order valence-electron chi connectivity index (χ3n) is 3.04. The van der Waals surface area contributed by atoms with E-state index in [-0.39, 0.29) is 11.5 Å². The molecule has 1 saturated heterocycles. The van der Waals surface area contributed by atoms with E-state index in [4.69, 9.17) is 5.11 Å². The summed E-state index contributed by atoms with van der Waals surface area (Å²) in [6.07, 6.45) is 0.996. The third-order valence-corrected chi connectivity index (χ3v) is 3.04. The summed E-state index contributed by atoms with van der Waals surface area (Å²) < 4.78 is 0. The van der Waals surface area contributed by atoms with Crippen LogP contribution in [0.25, 0.3) is 0 Å². The summed E-state index contributed by atoms with van der Waals surface area (Å²) in [7, 11) is 0. The predicted octanol–water partition coefficient (Wildman–Crippen LogP) is 0.982. The number of carboxylic acid groups (broad SMARTS) is 1. The largest absolute Gasteiger partial charge is 0.478 e. The standard InChI is InChI=1S/C13H15NO4/c15-11-5-2-6-14(8-11)12(16)9-3-1-4-10(7-9)13(17)18/h1,3-4,7,11,15H,2,5-6,8H2,(H,17,18). The summed E-state index contributed by atoms with van der Waals surface area (Å²) in [4.78, 5) is 24.5. The normalized spacial score (nSPS) is 19.6. The summed E-state index contributed by atoms with van der Waals surface area (Å²) in [6, 6.07) is 5.96. The van der Waals surface area contributed by atoms with Gasteiger partial charge in [0, 0.05) is 18.7 Å². The quantitative estimate of drug-likeness (QED) is 0.819. The Kier molecular flexibility index (Phi) is 3.62. The number of β-amino-alcohol motifs (C(OH)–C–C–N with tert-alkyl or cyclic N) is 1. The molecule has 2 N–H and O–H groups in total. The molecule has 5 nitrogen and oxygen atoms in total. The predicted molar refractivity (Wildman–Crippen MR) is 64.5 cm³/mol. The molecule has 5 heteroatoms. The van der Waals surface area contributed by atoms with Crippen molar-refractivity contribution in [1.29, 1.82) is 0 Å². The maximum absolute atomic E-state index is 12.1. The number of nitrogens with zero attached hydrogens (tertiary/aromatic N) is 1. The molecule has 1 atom stereocenters. The lowest BCUT2D eigenvalue weighted by molar-refractivity contribution is 0.0473. The topological polar surface area (TPSA) is 77.8 Å². The van der Waals surface area contributed by atoms with E-state index in [0.29, 0.717) is 25.1 Å². The van der Waals surface area contributed by atoms with Crippen molar-refractivity contribution in [3.05, 3.63) is 35.4 Å². The van der Waals surface area contributed by atoms with E-state index in [1.54, 1.807) is 17.0 Å². The van der Waals surface area contributed by atoms with Crippen LogP contribution in [0.2, 0.25) is 0 Å². The molecule has 0 saturated carbocycles. The third kappa shape index (κ3) is 2.68. The van der Waals surface area contributed by atoms with Gasteiger partial charge in [0.2, 0.25) is 0 Å². The number of benzene rings is 1. The van der Waals surface area contributed by atoms with Crippen molar-refractivity contribution in [1.82, 2.24) is 4.90 Å². The highest BCUT2D eigenvalue weighted by molar-refractivity contribution is 5.97. The van der Waals surface area contributed by atoms with Gasteiger partial charge in [0.25, 0.3) is 5.91 Å². The number of aromatic carboxylic acids is 1. The van der Waals surface area contributed by atoms with Crippen LogP contribution >= 0.6 is 0 Å². The van der Waals surface area contributed by atoms with Crippen LogP contribution in [0.3, 0.4) is 0 Å². The maximum Gasteiger partial charge on any atom is 0.335 e. The highest BCUT2D eigenvalue weighted by atomic mass is 16.4. The minimum atomic E-state index is -1.05. The van der Waals surface area contributed by atoms with Crippen LogP contribution in [-0.2, 0) is 0 Å². The van der Waals surface area contributed by atoms with Gasteiger partial charge in [-0.2, -0.15) is 0 Å². The lowest BCUT2D eigenvalue weighted by Crippen LogP contribution is -2.42. The number of likely N-dealkylation sites (tertiary alicyclic amines) is 1. The van der Waals surface area contributed by atoms with Crippen molar-refractivity contribution in [2.45, 2.75) is 18.9 Å². The summed E-state index contributed by atoms with van der Waals surface area (Å²) in [5, 5.41) is 18.4. The number of aliphatic hydroxyl groups excluding tert-OH is 1. The summed E-state index contributed by atoms with van der Waals surface area (Å²) >= 11 is 0. The molecule has 18 heavy (non-hydrogen) atoms.